The Balaban J connectivity index is 1.51. The molecule has 0 spiro atoms. The Bertz CT molecular complexity index is 702. The molecule has 3 aliphatic rings. The van der Waals surface area contributed by atoms with Gasteiger partial charge in [-0.2, -0.15) is 0 Å². The summed E-state index contributed by atoms with van der Waals surface area (Å²) in [7, 11) is 0. The molecule has 2 aromatic carbocycles. The van der Waals surface area contributed by atoms with E-state index in [2.05, 4.69) is 46.6 Å². The van der Waals surface area contributed by atoms with E-state index in [-0.39, 0.29) is 17.3 Å². The molecule has 3 saturated heterocycles. The van der Waals surface area contributed by atoms with Crippen LogP contribution in [-0.2, 0) is 15.8 Å². The zero-order chi connectivity index (χ0) is 14.8. The van der Waals surface area contributed by atoms with Crippen molar-refractivity contribution in [1.82, 2.24) is 10.2 Å². The van der Waals surface area contributed by atoms with E-state index < -0.39 is 6.29 Å². The second-order valence-electron chi connectivity index (χ2n) is 6.45. The normalized spacial score (nSPS) is 42.0. The van der Waals surface area contributed by atoms with Gasteiger partial charge in [0.05, 0.1) is 5.54 Å². The van der Waals surface area contributed by atoms with Crippen molar-refractivity contribution in [2.75, 3.05) is 13.1 Å². The molecule has 2 aromatic rings. The standard InChI is InChI=1S/C18H18N2O2/c21-16-18(14-9-5-2-6-10-14)12-20(18)15(22-16)17(11-19-17)13-7-3-1-4-8-13/h1-10,15-16,19,21H,11-12H2/t15?,16-,17-,18?,20?/m1/s1. The second-order valence-corrected chi connectivity index (χ2v) is 6.45. The first-order valence-corrected chi connectivity index (χ1v) is 7.74. The van der Waals surface area contributed by atoms with Crippen molar-refractivity contribution < 1.29 is 9.84 Å². The lowest BCUT2D eigenvalue weighted by Crippen LogP contribution is -2.37. The minimum Gasteiger partial charge on any atom is -0.366 e. The lowest BCUT2D eigenvalue weighted by Gasteiger charge is -2.24. The quantitative estimate of drug-likeness (QED) is 0.840. The minimum atomic E-state index is -0.775. The number of ether oxygens (including phenoxy) is 1. The highest BCUT2D eigenvalue weighted by Gasteiger charge is 2.73. The van der Waals surface area contributed by atoms with Crippen LogP contribution in [0.2, 0.25) is 0 Å². The van der Waals surface area contributed by atoms with Gasteiger partial charge in [-0.05, 0) is 11.1 Å². The lowest BCUT2D eigenvalue weighted by molar-refractivity contribution is -0.134. The Hall–Kier alpha value is -1.72. The minimum absolute atomic E-state index is 0.120. The Morgan fingerprint density at radius 2 is 1.59 bits per heavy atom. The molecule has 3 fully saturated rings. The summed E-state index contributed by atoms with van der Waals surface area (Å²) in [6, 6.07) is 20.6. The molecule has 0 radical (unpaired) electrons. The third kappa shape index (κ3) is 1.50. The fraction of sp³-hybridized carbons (Fsp3) is 0.333. The van der Waals surface area contributed by atoms with Gasteiger partial charge in [-0.15, -0.1) is 0 Å². The molecule has 22 heavy (non-hydrogen) atoms. The van der Waals surface area contributed by atoms with Crippen molar-refractivity contribution in [3.63, 3.8) is 0 Å². The maximum atomic E-state index is 10.6. The van der Waals surface area contributed by atoms with Crippen LogP contribution in [0.4, 0.5) is 0 Å². The van der Waals surface area contributed by atoms with Gasteiger partial charge >= 0.3 is 0 Å². The summed E-state index contributed by atoms with van der Waals surface area (Å²) >= 11 is 0. The van der Waals surface area contributed by atoms with Crippen molar-refractivity contribution in [1.29, 1.82) is 0 Å². The number of nitrogens with zero attached hydrogens (tertiary/aromatic N) is 1. The molecule has 0 bridgehead atoms. The van der Waals surface area contributed by atoms with Gasteiger partial charge < -0.3 is 15.2 Å². The molecule has 0 saturated carbocycles. The van der Waals surface area contributed by atoms with Gasteiger partial charge in [-0.25, -0.2) is 0 Å². The first-order chi connectivity index (χ1) is 10.8. The number of benzene rings is 2. The molecule has 0 aromatic heterocycles. The topological polar surface area (TPSA) is 54.4 Å². The number of nitrogens with one attached hydrogen (secondary N) is 1. The molecule has 3 heterocycles. The van der Waals surface area contributed by atoms with Gasteiger partial charge in [0.1, 0.15) is 11.8 Å². The van der Waals surface area contributed by atoms with Gasteiger partial charge in [0.2, 0.25) is 0 Å². The number of hydrogen-bond acceptors (Lipinski definition) is 4. The first kappa shape index (κ1) is 12.8. The zero-order valence-corrected chi connectivity index (χ0v) is 12.1. The largest absolute Gasteiger partial charge is 0.366 e. The number of fused-ring (bicyclic) bond motifs is 1. The van der Waals surface area contributed by atoms with Crippen LogP contribution in [0.1, 0.15) is 11.1 Å². The smallest absolute Gasteiger partial charge is 0.180 e. The second kappa shape index (κ2) is 4.18. The van der Waals surface area contributed by atoms with Crippen LogP contribution in [0.25, 0.3) is 0 Å². The Kier molecular flexibility index (Phi) is 2.43. The fourth-order valence-corrected chi connectivity index (χ4v) is 3.91. The number of hydrogen-bond donors (Lipinski definition) is 2. The summed E-state index contributed by atoms with van der Waals surface area (Å²) in [6.07, 6.45) is -0.895. The Morgan fingerprint density at radius 1 is 1.00 bits per heavy atom. The molecule has 3 unspecified atom stereocenters. The van der Waals surface area contributed by atoms with E-state index in [0.29, 0.717) is 0 Å². The van der Waals surface area contributed by atoms with Crippen LogP contribution >= 0.6 is 0 Å². The van der Waals surface area contributed by atoms with Gasteiger partial charge in [0.15, 0.2) is 6.29 Å². The molecule has 3 aliphatic heterocycles. The molecule has 0 aliphatic carbocycles. The van der Waals surface area contributed by atoms with Crippen molar-refractivity contribution in [2.24, 2.45) is 0 Å². The summed E-state index contributed by atoms with van der Waals surface area (Å²) < 4.78 is 5.98. The predicted octanol–water partition coefficient (Wildman–Crippen LogP) is 1.37. The highest BCUT2D eigenvalue weighted by molar-refractivity contribution is 5.40. The number of aliphatic hydroxyl groups is 1. The third-order valence-electron chi connectivity index (χ3n) is 5.31. The summed E-state index contributed by atoms with van der Waals surface area (Å²) in [5.74, 6) is 0. The molecule has 0 amide bonds. The molecule has 4 nitrogen and oxygen atoms in total. The summed E-state index contributed by atoms with van der Waals surface area (Å²) in [4.78, 5) is 2.28. The van der Waals surface area contributed by atoms with Gasteiger partial charge in [0.25, 0.3) is 0 Å². The monoisotopic (exact) mass is 294 g/mol. The van der Waals surface area contributed by atoms with Crippen LogP contribution in [0.15, 0.2) is 60.7 Å². The van der Waals surface area contributed by atoms with Gasteiger partial charge in [0, 0.05) is 13.1 Å². The highest BCUT2D eigenvalue weighted by atomic mass is 16.6. The molecular weight excluding hydrogens is 276 g/mol. The Morgan fingerprint density at radius 3 is 2.14 bits per heavy atom. The van der Waals surface area contributed by atoms with Crippen LogP contribution in [0.3, 0.4) is 0 Å². The zero-order valence-electron chi connectivity index (χ0n) is 12.1. The van der Waals surface area contributed by atoms with E-state index in [4.69, 9.17) is 4.74 Å². The van der Waals surface area contributed by atoms with Gasteiger partial charge in [-0.1, -0.05) is 60.7 Å². The first-order valence-electron chi connectivity index (χ1n) is 7.74. The van der Waals surface area contributed by atoms with Crippen molar-refractivity contribution in [2.45, 2.75) is 23.6 Å². The molecular formula is C18H18N2O2. The van der Waals surface area contributed by atoms with Crippen LogP contribution in [0.5, 0.6) is 0 Å². The number of aliphatic hydroxyl groups excluding tert-OH is 1. The SMILES string of the molecule is O[C@@H]1OC([C@]2(c3ccccc3)CN2)N2CC12c1ccccc1. The molecule has 2 N–H and O–H groups in total. The van der Waals surface area contributed by atoms with E-state index in [1.807, 2.05) is 24.3 Å². The molecule has 112 valence electrons. The fourth-order valence-electron chi connectivity index (χ4n) is 3.91. The van der Waals surface area contributed by atoms with Crippen LogP contribution in [-0.4, -0.2) is 35.6 Å². The average Bonchev–Trinajstić information content (AvgIpc) is 3.49. The van der Waals surface area contributed by atoms with Crippen LogP contribution < -0.4 is 5.32 Å². The maximum Gasteiger partial charge on any atom is 0.180 e. The average molecular weight is 294 g/mol. The highest BCUT2D eigenvalue weighted by Crippen LogP contribution is 2.58. The number of rotatable bonds is 3. The van der Waals surface area contributed by atoms with E-state index in [9.17, 15) is 5.11 Å². The lowest BCUT2D eigenvalue weighted by atomic mass is 9.97. The van der Waals surface area contributed by atoms with E-state index in [1.165, 1.54) is 5.56 Å². The van der Waals surface area contributed by atoms with Gasteiger partial charge in [-0.3, -0.25) is 4.90 Å². The maximum absolute atomic E-state index is 10.6. The molecule has 4 heteroatoms. The third-order valence-corrected chi connectivity index (χ3v) is 5.31. The Labute approximate surface area is 129 Å². The summed E-state index contributed by atoms with van der Waals surface area (Å²) in [5, 5.41) is 14.0. The van der Waals surface area contributed by atoms with E-state index in [0.717, 1.165) is 18.7 Å². The van der Waals surface area contributed by atoms with Crippen molar-refractivity contribution in [3.8, 4) is 0 Å². The van der Waals surface area contributed by atoms with E-state index >= 15 is 0 Å². The van der Waals surface area contributed by atoms with E-state index in [1.54, 1.807) is 0 Å². The van der Waals surface area contributed by atoms with Crippen LogP contribution in [0, 0.1) is 0 Å². The molecule has 5 atom stereocenters. The predicted molar refractivity (Wildman–Crippen MR) is 81.8 cm³/mol. The molecule has 5 rings (SSSR count). The van der Waals surface area contributed by atoms with Crippen molar-refractivity contribution >= 4 is 0 Å². The van der Waals surface area contributed by atoms with Crippen molar-refractivity contribution in [3.05, 3.63) is 71.8 Å². The summed E-state index contributed by atoms with van der Waals surface area (Å²) in [6.45, 7) is 1.73. The summed E-state index contributed by atoms with van der Waals surface area (Å²) in [5.41, 5.74) is 1.81.